The molecule has 0 unspecified atom stereocenters. The van der Waals surface area contributed by atoms with Crippen LogP contribution in [0.3, 0.4) is 0 Å². The summed E-state index contributed by atoms with van der Waals surface area (Å²) in [6.07, 6.45) is 1.43. The molecule has 0 bridgehead atoms. The summed E-state index contributed by atoms with van der Waals surface area (Å²) in [5.74, 6) is -0.372. The number of hydrogen-bond acceptors (Lipinski definition) is 4. The Kier molecular flexibility index (Phi) is 6.69. The fourth-order valence-electron chi connectivity index (χ4n) is 3.61. The minimum Gasteiger partial charge on any atom is -0.340 e. The lowest BCUT2D eigenvalue weighted by atomic mass is 9.98. The van der Waals surface area contributed by atoms with E-state index in [9.17, 15) is 13.2 Å². The average Bonchev–Trinajstić information content (AvgIpc) is 2.64. The van der Waals surface area contributed by atoms with Gasteiger partial charge in [0.1, 0.15) is 0 Å². The number of carbonyl (C=O) groups is 1. The standard InChI is InChI=1S/C18H25Cl2N3O3S/c1-21-7-9-22(10-8-21)18(24)14-3-2-6-23(12-14)27(25,26)13-15-4-5-16(19)11-17(15)20/h4-5,11,14H,2-3,6-10,12-13H2,1H3/t14-/m1/s1. The van der Waals surface area contributed by atoms with E-state index >= 15 is 0 Å². The Bertz CT molecular complexity index is 795. The van der Waals surface area contributed by atoms with Crippen molar-refractivity contribution in [3.8, 4) is 0 Å². The first-order chi connectivity index (χ1) is 12.8. The number of halogens is 2. The van der Waals surface area contributed by atoms with Crippen molar-refractivity contribution in [3.05, 3.63) is 33.8 Å². The van der Waals surface area contributed by atoms with Gasteiger partial charge >= 0.3 is 0 Å². The molecule has 1 atom stereocenters. The molecule has 2 heterocycles. The highest BCUT2D eigenvalue weighted by Crippen LogP contribution is 2.27. The monoisotopic (exact) mass is 433 g/mol. The average molecular weight is 434 g/mol. The topological polar surface area (TPSA) is 60.9 Å². The Morgan fingerprint density at radius 1 is 1.15 bits per heavy atom. The van der Waals surface area contributed by atoms with Crippen LogP contribution in [-0.4, -0.2) is 74.7 Å². The number of nitrogens with zero attached hydrogens (tertiary/aromatic N) is 3. The number of sulfonamides is 1. The van der Waals surface area contributed by atoms with Crippen LogP contribution in [-0.2, 0) is 20.6 Å². The largest absolute Gasteiger partial charge is 0.340 e. The van der Waals surface area contributed by atoms with Gasteiger partial charge < -0.3 is 9.80 Å². The maximum absolute atomic E-state index is 12.9. The van der Waals surface area contributed by atoms with Crippen molar-refractivity contribution in [2.45, 2.75) is 18.6 Å². The molecule has 0 spiro atoms. The molecule has 0 aromatic heterocycles. The number of carbonyl (C=O) groups excluding carboxylic acids is 1. The van der Waals surface area contributed by atoms with Crippen LogP contribution in [0.1, 0.15) is 18.4 Å². The molecule has 1 aromatic rings. The lowest BCUT2D eigenvalue weighted by Crippen LogP contribution is -2.52. The SMILES string of the molecule is CN1CCN(C(=O)[C@@H]2CCCN(S(=O)(=O)Cc3ccc(Cl)cc3Cl)C2)CC1. The minimum atomic E-state index is -3.55. The van der Waals surface area contributed by atoms with Crippen LogP contribution in [0.5, 0.6) is 0 Å². The van der Waals surface area contributed by atoms with Crippen LogP contribution in [0.2, 0.25) is 10.0 Å². The van der Waals surface area contributed by atoms with Crippen LogP contribution in [0.25, 0.3) is 0 Å². The molecule has 2 aliphatic rings. The van der Waals surface area contributed by atoms with Gasteiger partial charge in [0.2, 0.25) is 15.9 Å². The number of piperazine rings is 1. The Morgan fingerprint density at radius 2 is 1.85 bits per heavy atom. The van der Waals surface area contributed by atoms with Gasteiger partial charge in [-0.15, -0.1) is 0 Å². The number of hydrogen-bond donors (Lipinski definition) is 0. The smallest absolute Gasteiger partial charge is 0.227 e. The van der Waals surface area contributed by atoms with E-state index in [2.05, 4.69) is 4.90 Å². The number of benzene rings is 1. The van der Waals surface area contributed by atoms with Crippen molar-refractivity contribution in [2.75, 3.05) is 46.3 Å². The first-order valence-corrected chi connectivity index (χ1v) is 11.5. The predicted molar refractivity (Wildman–Crippen MR) is 107 cm³/mol. The van der Waals surface area contributed by atoms with E-state index in [0.717, 1.165) is 19.5 Å². The maximum atomic E-state index is 12.9. The molecule has 2 saturated heterocycles. The van der Waals surface area contributed by atoms with Crippen molar-refractivity contribution in [1.29, 1.82) is 0 Å². The van der Waals surface area contributed by atoms with E-state index in [1.54, 1.807) is 18.2 Å². The summed E-state index contributed by atoms with van der Waals surface area (Å²) in [5.41, 5.74) is 0.522. The normalized spacial score (nSPS) is 22.8. The van der Waals surface area contributed by atoms with Gasteiger partial charge in [0, 0.05) is 49.3 Å². The maximum Gasteiger partial charge on any atom is 0.227 e. The van der Waals surface area contributed by atoms with Crippen LogP contribution in [0, 0.1) is 5.92 Å². The second-order valence-corrected chi connectivity index (χ2v) is 10.1. The van der Waals surface area contributed by atoms with E-state index < -0.39 is 10.0 Å². The number of piperidine rings is 1. The molecular formula is C18H25Cl2N3O3S. The van der Waals surface area contributed by atoms with Crippen molar-refractivity contribution in [2.24, 2.45) is 5.92 Å². The van der Waals surface area contributed by atoms with Crippen molar-refractivity contribution < 1.29 is 13.2 Å². The predicted octanol–water partition coefficient (Wildman–Crippen LogP) is 2.31. The Balaban J connectivity index is 1.66. The van der Waals surface area contributed by atoms with E-state index in [1.807, 2.05) is 11.9 Å². The van der Waals surface area contributed by atoms with Crippen LogP contribution in [0.15, 0.2) is 18.2 Å². The minimum absolute atomic E-state index is 0.0764. The molecule has 1 amide bonds. The molecule has 0 N–H and O–H groups in total. The van der Waals surface area contributed by atoms with E-state index in [0.29, 0.717) is 41.7 Å². The van der Waals surface area contributed by atoms with Crippen molar-refractivity contribution in [3.63, 3.8) is 0 Å². The molecule has 3 rings (SSSR count). The zero-order valence-corrected chi connectivity index (χ0v) is 17.7. The number of rotatable bonds is 4. The summed E-state index contributed by atoms with van der Waals surface area (Å²) in [5, 5.41) is 0.810. The van der Waals surface area contributed by atoms with Gasteiger partial charge in [-0.25, -0.2) is 12.7 Å². The Hall–Kier alpha value is -0.860. The van der Waals surface area contributed by atoms with Crippen molar-refractivity contribution >= 4 is 39.1 Å². The molecule has 0 aliphatic carbocycles. The third kappa shape index (κ3) is 5.15. The molecule has 1 aromatic carbocycles. The molecule has 2 aliphatic heterocycles. The lowest BCUT2D eigenvalue weighted by molar-refractivity contribution is -0.138. The highest BCUT2D eigenvalue weighted by atomic mass is 35.5. The first-order valence-electron chi connectivity index (χ1n) is 9.15. The summed E-state index contributed by atoms with van der Waals surface area (Å²) in [4.78, 5) is 16.9. The van der Waals surface area contributed by atoms with Crippen LogP contribution < -0.4 is 0 Å². The van der Waals surface area contributed by atoms with Gasteiger partial charge in [-0.05, 0) is 37.6 Å². The van der Waals surface area contributed by atoms with Crippen LogP contribution in [0.4, 0.5) is 0 Å². The summed E-state index contributed by atoms with van der Waals surface area (Å²) < 4.78 is 27.2. The zero-order chi connectivity index (χ0) is 19.6. The summed E-state index contributed by atoms with van der Waals surface area (Å²) in [6, 6.07) is 4.82. The molecule has 150 valence electrons. The molecule has 27 heavy (non-hydrogen) atoms. The number of amides is 1. The summed E-state index contributed by atoms with van der Waals surface area (Å²) in [7, 11) is -1.51. The fraction of sp³-hybridized carbons (Fsp3) is 0.611. The summed E-state index contributed by atoms with van der Waals surface area (Å²) >= 11 is 12.0. The van der Waals surface area contributed by atoms with Gasteiger partial charge in [-0.3, -0.25) is 4.79 Å². The second kappa shape index (κ2) is 8.66. The molecule has 9 heteroatoms. The van der Waals surface area contributed by atoms with Gasteiger partial charge in [-0.2, -0.15) is 0 Å². The molecule has 0 saturated carbocycles. The van der Waals surface area contributed by atoms with E-state index in [1.165, 1.54) is 4.31 Å². The first kappa shape index (κ1) is 20.9. The van der Waals surface area contributed by atoms with Crippen molar-refractivity contribution in [1.82, 2.24) is 14.1 Å². The number of likely N-dealkylation sites (N-methyl/N-ethyl adjacent to an activating group) is 1. The van der Waals surface area contributed by atoms with E-state index in [4.69, 9.17) is 23.2 Å². The summed E-state index contributed by atoms with van der Waals surface area (Å²) in [6.45, 7) is 3.82. The molecule has 6 nitrogen and oxygen atoms in total. The lowest BCUT2D eigenvalue weighted by Gasteiger charge is -2.37. The molecular weight excluding hydrogens is 409 g/mol. The zero-order valence-electron chi connectivity index (χ0n) is 15.4. The van der Waals surface area contributed by atoms with Gasteiger partial charge in [0.05, 0.1) is 11.7 Å². The quantitative estimate of drug-likeness (QED) is 0.730. The third-order valence-corrected chi connectivity index (χ3v) is 7.68. The van der Waals surface area contributed by atoms with Crippen LogP contribution >= 0.6 is 23.2 Å². The second-order valence-electron chi connectivity index (χ2n) is 7.32. The fourth-order valence-corrected chi connectivity index (χ4v) is 5.80. The van der Waals surface area contributed by atoms with Gasteiger partial charge in [-0.1, -0.05) is 29.3 Å². The van der Waals surface area contributed by atoms with E-state index in [-0.39, 0.29) is 24.1 Å². The Labute approximate surface area is 171 Å². The highest BCUT2D eigenvalue weighted by Gasteiger charge is 2.35. The van der Waals surface area contributed by atoms with Gasteiger partial charge in [0.15, 0.2) is 0 Å². The highest BCUT2D eigenvalue weighted by molar-refractivity contribution is 7.88. The van der Waals surface area contributed by atoms with Gasteiger partial charge in [0.25, 0.3) is 0 Å². The molecule has 2 fully saturated rings. The Morgan fingerprint density at radius 3 is 2.52 bits per heavy atom. The molecule has 0 radical (unpaired) electrons. The third-order valence-electron chi connectivity index (χ3n) is 5.29.